The number of fused-ring (bicyclic) bond motifs is 3. The number of halogens is 3. The summed E-state index contributed by atoms with van der Waals surface area (Å²) in [6.45, 7) is 7.96. The zero-order chi connectivity index (χ0) is 31.6. The van der Waals surface area contributed by atoms with Crippen LogP contribution in [-0.2, 0) is 4.74 Å². The molecule has 3 atom stereocenters. The van der Waals surface area contributed by atoms with Crippen molar-refractivity contribution in [1.82, 2.24) is 24.8 Å². The number of hydrogen-bond acceptors (Lipinski definition) is 8. The Kier molecular flexibility index (Phi) is 7.43. The van der Waals surface area contributed by atoms with Gasteiger partial charge in [-0.1, -0.05) is 35.9 Å². The Bertz CT molecular complexity index is 1820. The molecule has 7 rings (SSSR count). The first kappa shape index (κ1) is 29.9. The molecule has 45 heavy (non-hydrogen) atoms. The number of carbonyl (C=O) groups is 1. The lowest BCUT2D eigenvalue weighted by Crippen LogP contribution is -2.64. The molecule has 2 aromatic heterocycles. The number of nitrogens with zero attached hydrogens (tertiary/aromatic N) is 6. The van der Waals surface area contributed by atoms with E-state index in [9.17, 15) is 9.18 Å². The second-order valence-corrected chi connectivity index (χ2v) is 13.5. The summed E-state index contributed by atoms with van der Waals surface area (Å²) in [5.41, 5.74) is -0.175. The first-order valence-electron chi connectivity index (χ1n) is 15.3. The summed E-state index contributed by atoms with van der Waals surface area (Å²) < 4.78 is 42.9. The highest BCUT2D eigenvalue weighted by molar-refractivity contribution is 6.36. The van der Waals surface area contributed by atoms with E-state index < -0.39 is 17.2 Å². The van der Waals surface area contributed by atoms with Crippen molar-refractivity contribution in [3.63, 3.8) is 0 Å². The maximum absolute atomic E-state index is 16.6. The minimum Gasteiger partial charge on any atom is -0.462 e. The Morgan fingerprint density at radius 1 is 1.09 bits per heavy atom. The van der Waals surface area contributed by atoms with Crippen LogP contribution in [0.4, 0.5) is 19.4 Å². The van der Waals surface area contributed by atoms with Crippen LogP contribution in [0.5, 0.6) is 6.01 Å². The van der Waals surface area contributed by atoms with E-state index in [0.29, 0.717) is 53.7 Å². The van der Waals surface area contributed by atoms with Crippen molar-refractivity contribution in [3.05, 3.63) is 53.2 Å². The number of benzene rings is 2. The van der Waals surface area contributed by atoms with E-state index in [1.54, 1.807) is 35.4 Å². The van der Waals surface area contributed by atoms with Gasteiger partial charge in [-0.3, -0.25) is 4.98 Å². The molecule has 0 saturated carbocycles. The molecule has 0 radical (unpaired) electrons. The lowest BCUT2D eigenvalue weighted by Gasteiger charge is -2.46. The van der Waals surface area contributed by atoms with Crippen molar-refractivity contribution in [1.29, 1.82) is 0 Å². The number of ether oxygens (including phenoxy) is 2. The summed E-state index contributed by atoms with van der Waals surface area (Å²) in [4.78, 5) is 32.8. The van der Waals surface area contributed by atoms with Crippen LogP contribution in [0, 0.1) is 11.6 Å². The van der Waals surface area contributed by atoms with Gasteiger partial charge in [-0.15, -0.1) is 0 Å². The van der Waals surface area contributed by atoms with Crippen LogP contribution in [-0.4, -0.2) is 87.9 Å². The zero-order valence-electron chi connectivity index (χ0n) is 25.7. The molecule has 9 nitrogen and oxygen atoms in total. The van der Waals surface area contributed by atoms with Gasteiger partial charge in [0.1, 0.15) is 35.1 Å². The molecule has 12 heteroatoms. The maximum Gasteiger partial charge on any atom is 0.410 e. The first-order chi connectivity index (χ1) is 21.5. The number of amides is 1. The van der Waals surface area contributed by atoms with Crippen LogP contribution in [0.15, 0.2) is 36.5 Å². The molecule has 3 aliphatic rings. The Balaban J connectivity index is 1.29. The minimum atomic E-state index is -0.674. The molecule has 0 spiro atoms. The number of pyridine rings is 1. The number of likely N-dealkylation sites (N-methyl/N-ethyl adjacent to an activating group) is 1. The summed E-state index contributed by atoms with van der Waals surface area (Å²) in [6.07, 6.45) is 4.00. The van der Waals surface area contributed by atoms with Gasteiger partial charge in [0.05, 0.1) is 22.5 Å². The third-order valence-corrected chi connectivity index (χ3v) is 9.47. The first-order valence-corrected chi connectivity index (χ1v) is 15.7. The zero-order valence-corrected chi connectivity index (χ0v) is 26.4. The highest BCUT2D eigenvalue weighted by Crippen LogP contribution is 2.41. The molecular weight excluding hydrogens is 602 g/mol. The molecule has 1 amide bonds. The molecule has 0 N–H and O–H groups in total. The number of hydrogen-bond donors (Lipinski definition) is 0. The van der Waals surface area contributed by atoms with Crippen LogP contribution in [0.25, 0.3) is 32.9 Å². The lowest BCUT2D eigenvalue weighted by molar-refractivity contribution is -0.00711. The topological polar surface area (TPSA) is 83.9 Å². The van der Waals surface area contributed by atoms with Crippen LogP contribution >= 0.6 is 11.6 Å². The Labute approximate surface area is 265 Å². The van der Waals surface area contributed by atoms with Gasteiger partial charge < -0.3 is 24.2 Å². The van der Waals surface area contributed by atoms with Gasteiger partial charge in [0, 0.05) is 36.3 Å². The fraction of sp³-hybridized carbons (Fsp3) is 0.455. The molecular formula is C33H35ClF2N6O3. The average molecular weight is 637 g/mol. The van der Waals surface area contributed by atoms with Crippen LogP contribution < -0.4 is 9.64 Å². The van der Waals surface area contributed by atoms with Gasteiger partial charge in [-0.2, -0.15) is 9.97 Å². The third kappa shape index (κ3) is 5.29. The fourth-order valence-corrected chi connectivity index (χ4v) is 7.05. The second kappa shape index (κ2) is 11.2. The van der Waals surface area contributed by atoms with E-state index in [2.05, 4.69) is 26.8 Å². The van der Waals surface area contributed by atoms with Crippen molar-refractivity contribution in [2.45, 2.75) is 63.8 Å². The van der Waals surface area contributed by atoms with Gasteiger partial charge in [0.25, 0.3) is 0 Å². The molecule has 0 aliphatic carbocycles. The summed E-state index contributed by atoms with van der Waals surface area (Å²) in [5.74, 6) is -0.767. The molecule has 0 bridgehead atoms. The van der Waals surface area contributed by atoms with Gasteiger partial charge in [-0.25, -0.2) is 13.6 Å². The van der Waals surface area contributed by atoms with Gasteiger partial charge in [-0.05, 0) is 65.1 Å². The van der Waals surface area contributed by atoms with Crippen LogP contribution in [0.1, 0.15) is 40.0 Å². The van der Waals surface area contributed by atoms with E-state index in [1.165, 1.54) is 6.07 Å². The van der Waals surface area contributed by atoms with Gasteiger partial charge in [0.15, 0.2) is 5.82 Å². The molecule has 4 aromatic rings. The normalized spacial score (nSPS) is 21.8. The predicted molar refractivity (Wildman–Crippen MR) is 169 cm³/mol. The highest BCUT2D eigenvalue weighted by Gasteiger charge is 2.51. The van der Waals surface area contributed by atoms with Crippen molar-refractivity contribution in [3.8, 4) is 17.3 Å². The third-order valence-electron chi connectivity index (χ3n) is 9.10. The number of rotatable bonds is 5. The quantitative estimate of drug-likeness (QED) is 0.247. The van der Waals surface area contributed by atoms with Crippen molar-refractivity contribution < 1.29 is 23.0 Å². The molecule has 3 aliphatic heterocycles. The largest absolute Gasteiger partial charge is 0.462 e. The van der Waals surface area contributed by atoms with E-state index in [-0.39, 0.29) is 46.5 Å². The van der Waals surface area contributed by atoms with Crippen molar-refractivity contribution >= 4 is 45.2 Å². The average Bonchev–Trinajstić information content (AvgIpc) is 3.54. The lowest BCUT2D eigenvalue weighted by atomic mass is 9.98. The molecule has 236 valence electrons. The maximum atomic E-state index is 16.6. The van der Waals surface area contributed by atoms with Gasteiger partial charge in [0.2, 0.25) is 0 Å². The van der Waals surface area contributed by atoms with E-state index in [4.69, 9.17) is 26.1 Å². The summed E-state index contributed by atoms with van der Waals surface area (Å²) in [5, 5.41) is 1.37. The minimum absolute atomic E-state index is 0.00534. The molecule has 5 heterocycles. The summed E-state index contributed by atoms with van der Waals surface area (Å²) in [7, 11) is 2.06. The molecule has 1 unspecified atom stereocenters. The summed E-state index contributed by atoms with van der Waals surface area (Å²) >= 11 is 6.39. The van der Waals surface area contributed by atoms with Crippen molar-refractivity contribution in [2.75, 3.05) is 38.2 Å². The Hall–Kier alpha value is -3.83. The van der Waals surface area contributed by atoms with Crippen LogP contribution in [0.2, 0.25) is 5.02 Å². The Morgan fingerprint density at radius 2 is 1.91 bits per heavy atom. The van der Waals surface area contributed by atoms with Crippen LogP contribution in [0.3, 0.4) is 0 Å². The molecule has 2 aromatic carbocycles. The number of likely N-dealkylation sites (tertiary alicyclic amines) is 2. The Morgan fingerprint density at radius 3 is 2.67 bits per heavy atom. The number of carbonyl (C=O) groups excluding carboxylic acids is 1. The fourth-order valence-electron chi connectivity index (χ4n) is 6.77. The highest BCUT2D eigenvalue weighted by atomic mass is 35.5. The standard InChI is InChI=1S/C33H35ClF2N6O3/c1-33(2,3)45-32(43)42-16-24-23(42)12-14-41(24)30-21-15-37-28(20-9-5-7-18-10-11-22(35)26(34)25(18)20)27(36)29(21)38-31(39-30)44-17-19-8-6-13-40(19)4/h5,7,9-11,15,19,23-24H,6,8,12-14,16-17H2,1-4H3/t19?,23-,24-/m1/s1. The second-order valence-electron chi connectivity index (χ2n) is 13.1. The molecule has 3 saturated heterocycles. The summed E-state index contributed by atoms with van der Waals surface area (Å²) in [6, 6.07) is 8.32. The monoisotopic (exact) mass is 636 g/mol. The van der Waals surface area contributed by atoms with E-state index >= 15 is 4.39 Å². The molecule has 3 fully saturated rings. The number of aromatic nitrogens is 3. The van der Waals surface area contributed by atoms with E-state index in [0.717, 1.165) is 19.4 Å². The predicted octanol–water partition coefficient (Wildman–Crippen LogP) is 6.45. The SMILES string of the molecule is CN1CCCC1COc1nc(N2CC[C@@H]3[C@H]2CN3C(=O)OC(C)(C)C)c2cnc(-c3cccc4ccc(F)c(Cl)c34)c(F)c2n1. The van der Waals surface area contributed by atoms with Gasteiger partial charge >= 0.3 is 12.1 Å². The van der Waals surface area contributed by atoms with E-state index in [1.807, 2.05) is 20.8 Å². The number of anilines is 1. The smallest absolute Gasteiger partial charge is 0.410 e. The van der Waals surface area contributed by atoms with Crippen molar-refractivity contribution in [2.24, 2.45) is 0 Å².